The number of alkyl halides is 2. The summed E-state index contributed by atoms with van der Waals surface area (Å²) in [6.07, 6.45) is 3.72. The molecule has 0 unspecified atom stereocenters. The second-order valence-corrected chi connectivity index (χ2v) is 3.09. The van der Waals surface area contributed by atoms with E-state index < -0.39 is 0 Å². The molecule has 0 saturated heterocycles. The van der Waals surface area contributed by atoms with Gasteiger partial charge in [0.15, 0.2) is 0 Å². The van der Waals surface area contributed by atoms with Crippen LogP contribution >= 0.6 is 48.8 Å². The van der Waals surface area contributed by atoms with E-state index in [9.17, 15) is 0 Å². The third kappa shape index (κ3) is 3.67. The van der Waals surface area contributed by atoms with Gasteiger partial charge >= 0.3 is 0 Å². The average molecular weight is 346 g/mol. The highest BCUT2D eigenvalue weighted by atomic mass is 79.9. The molecule has 0 aliphatic carbocycles. The van der Waals surface area contributed by atoms with Crippen molar-refractivity contribution in [1.82, 2.24) is 4.98 Å². The van der Waals surface area contributed by atoms with E-state index in [2.05, 4.69) is 42.9 Å². The van der Waals surface area contributed by atoms with Crippen LogP contribution in [0.2, 0.25) is 0 Å². The topological polar surface area (TPSA) is 12.9 Å². The highest BCUT2D eigenvalue weighted by Gasteiger charge is 1.92. The fourth-order valence-corrected chi connectivity index (χ4v) is 1.30. The molecule has 0 aromatic carbocycles. The number of aromatic nitrogens is 1. The number of hydrogen-bond donors (Lipinski definition) is 0. The lowest BCUT2D eigenvalue weighted by atomic mass is 10.2. The summed E-state index contributed by atoms with van der Waals surface area (Å²) in [6, 6.07) is 2.12. The third-order valence-corrected chi connectivity index (χ3v) is 2.46. The number of nitrogens with zero attached hydrogens (tertiary/aromatic N) is 1. The van der Waals surface area contributed by atoms with Gasteiger partial charge in [-0.15, -0.1) is 17.0 Å². The number of hydrogen-bond acceptors (Lipinski definition) is 1. The number of rotatable bonds is 2. The van der Waals surface area contributed by atoms with E-state index in [-0.39, 0.29) is 17.0 Å². The summed E-state index contributed by atoms with van der Waals surface area (Å²) in [5, 5.41) is 1.75. The highest BCUT2D eigenvalue weighted by molar-refractivity contribution is 9.08. The first-order chi connectivity index (χ1) is 4.86. The van der Waals surface area contributed by atoms with Crippen LogP contribution in [0, 0.1) is 0 Å². The van der Waals surface area contributed by atoms with Crippen LogP contribution < -0.4 is 0 Å². The lowest BCUT2D eigenvalue weighted by molar-refractivity contribution is 1.20. The van der Waals surface area contributed by atoms with Crippen molar-refractivity contribution in [2.75, 3.05) is 0 Å². The third-order valence-electron chi connectivity index (χ3n) is 1.16. The molecule has 0 aliphatic rings. The van der Waals surface area contributed by atoms with Gasteiger partial charge in [-0.3, -0.25) is 4.98 Å². The molecule has 0 amide bonds. The van der Waals surface area contributed by atoms with Crippen molar-refractivity contribution in [1.29, 1.82) is 0 Å². The smallest absolute Gasteiger partial charge is 0.0308 e. The fraction of sp³-hybridized carbons (Fsp3) is 0.286. The maximum atomic E-state index is 4.07. The van der Waals surface area contributed by atoms with Gasteiger partial charge in [0.2, 0.25) is 0 Å². The van der Waals surface area contributed by atoms with E-state index in [4.69, 9.17) is 0 Å². The molecule has 0 atom stereocenters. The maximum absolute atomic E-state index is 4.07. The molecule has 1 nitrogen and oxygen atoms in total. The molecule has 1 rings (SSSR count). The molecular weight excluding hydrogens is 338 g/mol. The zero-order valence-electron chi connectivity index (χ0n) is 5.76. The molecule has 0 aliphatic heterocycles. The van der Waals surface area contributed by atoms with E-state index in [0.29, 0.717) is 0 Å². The van der Waals surface area contributed by atoms with Crippen molar-refractivity contribution in [2.24, 2.45) is 0 Å². The Kier molecular flexibility index (Phi) is 6.47. The molecule has 1 aromatic rings. The van der Waals surface area contributed by atoms with Crippen LogP contribution in [0.25, 0.3) is 0 Å². The molecule has 1 heterocycles. The quantitative estimate of drug-likeness (QED) is 0.748. The summed E-state index contributed by atoms with van der Waals surface area (Å²) in [5.41, 5.74) is 2.44. The standard InChI is InChI=1S/C7H7Br2N.BrH/c8-2-6-1-7(3-9)5-10-4-6;/h1,4-5H,2-3H2;1H. The van der Waals surface area contributed by atoms with Crippen LogP contribution in [-0.4, -0.2) is 4.98 Å². The second kappa shape index (κ2) is 6.14. The van der Waals surface area contributed by atoms with Crippen molar-refractivity contribution in [3.63, 3.8) is 0 Å². The minimum Gasteiger partial charge on any atom is -0.264 e. The molecule has 0 saturated carbocycles. The zero-order valence-corrected chi connectivity index (χ0v) is 10.6. The lowest BCUT2D eigenvalue weighted by Crippen LogP contribution is -1.84. The van der Waals surface area contributed by atoms with Crippen LogP contribution in [0.4, 0.5) is 0 Å². The molecule has 0 bridgehead atoms. The van der Waals surface area contributed by atoms with Gasteiger partial charge in [-0.25, -0.2) is 0 Å². The molecule has 0 fully saturated rings. The normalized spacial score (nSPS) is 8.91. The monoisotopic (exact) mass is 343 g/mol. The summed E-state index contributed by atoms with van der Waals surface area (Å²) in [7, 11) is 0. The Morgan fingerprint density at radius 1 is 1.09 bits per heavy atom. The number of halogens is 3. The molecular formula is C7H8Br3N. The second-order valence-electron chi connectivity index (χ2n) is 1.97. The van der Waals surface area contributed by atoms with Gasteiger partial charge in [0.05, 0.1) is 0 Å². The fourth-order valence-electron chi connectivity index (χ4n) is 0.688. The largest absolute Gasteiger partial charge is 0.264 e. The first-order valence-electron chi connectivity index (χ1n) is 2.91. The van der Waals surface area contributed by atoms with Crippen molar-refractivity contribution in [3.8, 4) is 0 Å². The van der Waals surface area contributed by atoms with E-state index in [0.717, 1.165) is 10.7 Å². The van der Waals surface area contributed by atoms with Crippen LogP contribution in [0.5, 0.6) is 0 Å². The Morgan fingerprint density at radius 2 is 1.55 bits per heavy atom. The van der Waals surface area contributed by atoms with Crippen molar-refractivity contribution in [3.05, 3.63) is 29.6 Å². The van der Waals surface area contributed by atoms with Gasteiger partial charge in [0, 0.05) is 23.1 Å². The molecule has 0 spiro atoms. The van der Waals surface area contributed by atoms with Gasteiger partial charge in [0.1, 0.15) is 0 Å². The molecule has 1 aromatic heterocycles. The van der Waals surface area contributed by atoms with E-state index in [1.165, 1.54) is 11.1 Å². The maximum Gasteiger partial charge on any atom is 0.0308 e. The van der Waals surface area contributed by atoms with E-state index in [1.54, 1.807) is 0 Å². The molecule has 0 radical (unpaired) electrons. The SMILES string of the molecule is Br.BrCc1cncc(CBr)c1. The van der Waals surface area contributed by atoms with Gasteiger partial charge in [0.25, 0.3) is 0 Å². The van der Waals surface area contributed by atoms with Crippen molar-refractivity contribution < 1.29 is 0 Å². The van der Waals surface area contributed by atoms with Gasteiger partial charge < -0.3 is 0 Å². The van der Waals surface area contributed by atoms with Crippen LogP contribution in [0.15, 0.2) is 18.5 Å². The Balaban J connectivity index is 0.000001000. The summed E-state index contributed by atoms with van der Waals surface area (Å²) < 4.78 is 0. The van der Waals surface area contributed by atoms with Crippen LogP contribution in [0.1, 0.15) is 11.1 Å². The first-order valence-corrected chi connectivity index (χ1v) is 5.16. The van der Waals surface area contributed by atoms with E-state index >= 15 is 0 Å². The predicted octanol–water partition coefficient (Wildman–Crippen LogP) is 3.45. The lowest BCUT2D eigenvalue weighted by Gasteiger charge is -1.96. The van der Waals surface area contributed by atoms with Crippen molar-refractivity contribution in [2.45, 2.75) is 10.7 Å². The van der Waals surface area contributed by atoms with Crippen molar-refractivity contribution >= 4 is 48.8 Å². The summed E-state index contributed by atoms with van der Waals surface area (Å²) in [4.78, 5) is 4.07. The molecule has 11 heavy (non-hydrogen) atoms. The molecule has 4 heteroatoms. The molecule has 0 N–H and O–H groups in total. The van der Waals surface area contributed by atoms with Crippen LogP contribution in [-0.2, 0) is 10.7 Å². The Bertz CT molecular complexity index is 195. The van der Waals surface area contributed by atoms with Gasteiger partial charge in [-0.1, -0.05) is 37.9 Å². The van der Waals surface area contributed by atoms with E-state index in [1.807, 2.05) is 12.4 Å². The summed E-state index contributed by atoms with van der Waals surface area (Å²) in [6.45, 7) is 0. The summed E-state index contributed by atoms with van der Waals surface area (Å²) in [5.74, 6) is 0. The Labute approximate surface area is 93.6 Å². The summed E-state index contributed by atoms with van der Waals surface area (Å²) >= 11 is 6.73. The van der Waals surface area contributed by atoms with Gasteiger partial charge in [-0.2, -0.15) is 0 Å². The minimum absolute atomic E-state index is 0. The first kappa shape index (κ1) is 11.6. The Morgan fingerprint density at radius 3 is 1.91 bits per heavy atom. The average Bonchev–Trinajstić information content (AvgIpc) is 2.05. The minimum atomic E-state index is 0. The van der Waals surface area contributed by atoms with Gasteiger partial charge in [-0.05, 0) is 11.1 Å². The Hall–Kier alpha value is 0.590. The molecule has 62 valence electrons. The van der Waals surface area contributed by atoms with Crippen LogP contribution in [0.3, 0.4) is 0 Å². The zero-order chi connectivity index (χ0) is 7.40. The highest BCUT2D eigenvalue weighted by Crippen LogP contribution is 2.08. The number of pyridine rings is 1. The predicted molar refractivity (Wildman–Crippen MR) is 59.8 cm³/mol.